The van der Waals surface area contributed by atoms with Gasteiger partial charge in [-0.15, -0.1) is 0 Å². The zero-order chi connectivity index (χ0) is 14.0. The van der Waals surface area contributed by atoms with E-state index >= 15 is 0 Å². The maximum Gasteiger partial charge on any atom is 0.371 e. The third-order valence-electron chi connectivity index (χ3n) is 2.44. The van der Waals surface area contributed by atoms with Crippen molar-refractivity contribution in [2.75, 3.05) is 0 Å². The Labute approximate surface area is 107 Å². The molecule has 1 heterocycles. The molecule has 0 radical (unpaired) electrons. The molecule has 1 N–H and O–H groups in total. The normalized spacial score (nSPS) is 12.2. The first kappa shape index (κ1) is 13.1. The summed E-state index contributed by atoms with van der Waals surface area (Å²) in [6.07, 6.45) is -0.627. The topological polar surface area (TPSA) is 59.7 Å². The van der Waals surface area contributed by atoms with E-state index < -0.39 is 23.7 Å². The molecule has 0 aliphatic heterocycles. The third kappa shape index (κ3) is 2.90. The molecule has 2 rings (SSSR count). The number of hydrogen-bond acceptors (Lipinski definition) is 3. The van der Waals surface area contributed by atoms with E-state index in [0.717, 1.165) is 12.1 Å². The van der Waals surface area contributed by atoms with Crippen LogP contribution in [0.1, 0.15) is 29.3 Å². The van der Waals surface area contributed by atoms with Crippen molar-refractivity contribution in [2.45, 2.75) is 13.0 Å². The molecule has 0 amide bonds. The molecule has 0 aliphatic carbocycles. The number of rotatable bonds is 4. The highest BCUT2D eigenvalue weighted by molar-refractivity contribution is 5.84. The van der Waals surface area contributed by atoms with Crippen LogP contribution in [0, 0.1) is 11.6 Å². The van der Waals surface area contributed by atoms with Crippen LogP contribution in [-0.2, 0) is 0 Å². The summed E-state index contributed by atoms with van der Waals surface area (Å²) >= 11 is 0. The maximum absolute atomic E-state index is 13.0. The number of carboxylic acid groups (broad SMARTS) is 1. The number of benzene rings is 1. The van der Waals surface area contributed by atoms with Crippen molar-refractivity contribution in [2.24, 2.45) is 0 Å². The lowest BCUT2D eigenvalue weighted by Gasteiger charge is -2.12. The summed E-state index contributed by atoms with van der Waals surface area (Å²) in [6.45, 7) is 1.60. The molecule has 0 aliphatic rings. The van der Waals surface area contributed by atoms with Crippen molar-refractivity contribution in [3.05, 3.63) is 53.5 Å². The highest BCUT2D eigenvalue weighted by Gasteiger charge is 2.16. The summed E-state index contributed by atoms with van der Waals surface area (Å²) < 4.78 is 36.1. The fourth-order valence-corrected chi connectivity index (χ4v) is 1.50. The van der Waals surface area contributed by atoms with Gasteiger partial charge in [-0.25, -0.2) is 13.6 Å². The summed E-state index contributed by atoms with van der Waals surface area (Å²) in [5.41, 5.74) is 0. The molecular weight excluding hydrogens is 258 g/mol. The van der Waals surface area contributed by atoms with Gasteiger partial charge in [0, 0.05) is 6.07 Å². The number of ether oxygens (including phenoxy) is 1. The molecular formula is C13H10F2O4. The lowest BCUT2D eigenvalue weighted by Crippen LogP contribution is -2.02. The van der Waals surface area contributed by atoms with E-state index in [1.54, 1.807) is 6.92 Å². The highest BCUT2D eigenvalue weighted by Crippen LogP contribution is 2.24. The van der Waals surface area contributed by atoms with Crippen LogP contribution < -0.4 is 4.74 Å². The minimum absolute atomic E-state index is 0.125. The number of aromatic carboxylic acids is 1. The van der Waals surface area contributed by atoms with Crippen molar-refractivity contribution in [3.8, 4) is 5.75 Å². The molecule has 6 heteroatoms. The Hall–Kier alpha value is -2.37. The Balaban J connectivity index is 2.13. The number of halogens is 2. The first-order valence-corrected chi connectivity index (χ1v) is 5.42. The lowest BCUT2D eigenvalue weighted by atomic mass is 10.3. The van der Waals surface area contributed by atoms with E-state index in [0.29, 0.717) is 0 Å². The maximum atomic E-state index is 13.0. The molecule has 19 heavy (non-hydrogen) atoms. The Kier molecular flexibility index (Phi) is 3.50. The van der Waals surface area contributed by atoms with Crippen LogP contribution in [0.3, 0.4) is 0 Å². The number of carbonyl (C=O) groups is 1. The summed E-state index contributed by atoms with van der Waals surface area (Å²) in [4.78, 5) is 10.7. The van der Waals surface area contributed by atoms with Crippen LogP contribution in [0.15, 0.2) is 34.7 Å². The fourth-order valence-electron chi connectivity index (χ4n) is 1.50. The van der Waals surface area contributed by atoms with Crippen LogP contribution >= 0.6 is 0 Å². The van der Waals surface area contributed by atoms with Gasteiger partial charge >= 0.3 is 5.97 Å². The van der Waals surface area contributed by atoms with Gasteiger partial charge in [0.05, 0.1) is 0 Å². The molecule has 0 saturated carbocycles. The van der Waals surface area contributed by atoms with Crippen LogP contribution in [-0.4, -0.2) is 11.1 Å². The van der Waals surface area contributed by atoms with E-state index in [4.69, 9.17) is 14.3 Å². The van der Waals surface area contributed by atoms with Crippen LogP contribution in [0.5, 0.6) is 5.75 Å². The first-order valence-electron chi connectivity index (χ1n) is 5.42. The second-order valence-electron chi connectivity index (χ2n) is 3.84. The van der Waals surface area contributed by atoms with Gasteiger partial charge in [-0.05, 0) is 31.2 Å². The number of furan rings is 1. The van der Waals surface area contributed by atoms with Crippen LogP contribution in [0.4, 0.5) is 8.78 Å². The van der Waals surface area contributed by atoms with E-state index in [-0.39, 0.29) is 17.3 Å². The van der Waals surface area contributed by atoms with Gasteiger partial charge in [-0.1, -0.05) is 0 Å². The van der Waals surface area contributed by atoms with Gasteiger partial charge in [0.15, 0.2) is 17.7 Å². The van der Waals surface area contributed by atoms with Gasteiger partial charge < -0.3 is 14.3 Å². The van der Waals surface area contributed by atoms with Crippen molar-refractivity contribution < 1.29 is 27.8 Å². The van der Waals surface area contributed by atoms with Gasteiger partial charge in [0.1, 0.15) is 11.5 Å². The standard InChI is InChI=1S/C13H10F2O4/c1-7(11-4-5-12(19-11)13(16)17)18-8-2-3-9(14)10(15)6-8/h2-7H,1H3,(H,16,17). The van der Waals surface area contributed by atoms with Crippen molar-refractivity contribution in [1.29, 1.82) is 0 Å². The van der Waals surface area contributed by atoms with E-state index in [9.17, 15) is 13.6 Å². The average Bonchev–Trinajstić information content (AvgIpc) is 2.83. The SMILES string of the molecule is CC(Oc1ccc(F)c(F)c1)c1ccc(C(=O)O)o1. The van der Waals surface area contributed by atoms with E-state index in [1.165, 1.54) is 18.2 Å². The average molecular weight is 268 g/mol. The summed E-state index contributed by atoms with van der Waals surface area (Å²) in [6, 6.07) is 5.88. The zero-order valence-electron chi connectivity index (χ0n) is 9.89. The molecule has 0 saturated heterocycles. The molecule has 1 atom stereocenters. The summed E-state index contributed by atoms with van der Waals surface area (Å²) in [7, 11) is 0. The quantitative estimate of drug-likeness (QED) is 0.923. The molecule has 1 unspecified atom stereocenters. The van der Waals surface area contributed by atoms with Crippen molar-refractivity contribution in [1.82, 2.24) is 0 Å². The van der Waals surface area contributed by atoms with Gasteiger partial charge in [-0.3, -0.25) is 0 Å². The third-order valence-corrected chi connectivity index (χ3v) is 2.44. The Morgan fingerprint density at radius 3 is 2.58 bits per heavy atom. The summed E-state index contributed by atoms with van der Waals surface area (Å²) in [5, 5.41) is 8.71. The molecule has 1 aromatic carbocycles. The molecule has 4 nitrogen and oxygen atoms in total. The second kappa shape index (κ2) is 5.09. The van der Waals surface area contributed by atoms with E-state index in [1.807, 2.05) is 0 Å². The first-order chi connectivity index (χ1) is 8.97. The molecule has 100 valence electrons. The minimum Gasteiger partial charge on any atom is -0.483 e. The van der Waals surface area contributed by atoms with Crippen molar-refractivity contribution >= 4 is 5.97 Å². The predicted molar refractivity (Wildman–Crippen MR) is 61.1 cm³/mol. The Morgan fingerprint density at radius 2 is 2.00 bits per heavy atom. The van der Waals surface area contributed by atoms with Crippen molar-refractivity contribution in [3.63, 3.8) is 0 Å². The smallest absolute Gasteiger partial charge is 0.371 e. The minimum atomic E-state index is -1.19. The fraction of sp³-hybridized carbons (Fsp3) is 0.154. The largest absolute Gasteiger partial charge is 0.483 e. The Bertz CT molecular complexity index is 606. The number of carboxylic acids is 1. The molecule has 0 spiro atoms. The van der Waals surface area contributed by atoms with E-state index in [2.05, 4.69) is 0 Å². The highest BCUT2D eigenvalue weighted by atomic mass is 19.2. The number of hydrogen-bond donors (Lipinski definition) is 1. The molecule has 0 bridgehead atoms. The van der Waals surface area contributed by atoms with Gasteiger partial charge in [-0.2, -0.15) is 0 Å². The zero-order valence-corrected chi connectivity index (χ0v) is 9.89. The Morgan fingerprint density at radius 1 is 1.26 bits per heavy atom. The molecule has 1 aromatic heterocycles. The monoisotopic (exact) mass is 268 g/mol. The van der Waals surface area contributed by atoms with Crippen LogP contribution in [0.25, 0.3) is 0 Å². The molecule has 2 aromatic rings. The second-order valence-corrected chi connectivity index (χ2v) is 3.84. The van der Waals surface area contributed by atoms with Gasteiger partial charge in [0.2, 0.25) is 5.76 Å². The van der Waals surface area contributed by atoms with Gasteiger partial charge in [0.25, 0.3) is 0 Å². The van der Waals surface area contributed by atoms with Crippen LogP contribution in [0.2, 0.25) is 0 Å². The lowest BCUT2D eigenvalue weighted by molar-refractivity contribution is 0.0655. The predicted octanol–water partition coefficient (Wildman–Crippen LogP) is 3.40. The summed E-state index contributed by atoms with van der Waals surface area (Å²) in [5.74, 6) is -2.98. The molecule has 0 fully saturated rings.